The molecule has 1 aliphatic rings. The molecule has 2 aromatic rings. The van der Waals surface area contributed by atoms with Gasteiger partial charge >= 0.3 is 0 Å². The lowest BCUT2D eigenvalue weighted by Gasteiger charge is -2.35. The van der Waals surface area contributed by atoms with Crippen LogP contribution < -0.4 is 5.73 Å². The van der Waals surface area contributed by atoms with Crippen molar-refractivity contribution in [1.29, 1.82) is 0 Å². The molecule has 1 fully saturated rings. The van der Waals surface area contributed by atoms with E-state index < -0.39 is 0 Å². The lowest BCUT2D eigenvalue weighted by molar-refractivity contribution is 0.0683. The Hall–Kier alpha value is -2.08. The van der Waals surface area contributed by atoms with Crippen LogP contribution in [0, 0.1) is 0 Å². The molecule has 0 radical (unpaired) electrons. The molecule has 1 amide bonds. The number of benzene rings is 1. The molecule has 1 atom stereocenters. The maximum Gasteiger partial charge on any atom is 0.256 e. The Labute approximate surface area is 128 Å². The Kier molecular flexibility index (Phi) is 3.79. The fourth-order valence-electron chi connectivity index (χ4n) is 2.79. The Bertz CT molecular complexity index is 698. The third-order valence-electron chi connectivity index (χ3n) is 3.82. The van der Waals surface area contributed by atoms with Gasteiger partial charge in [0, 0.05) is 18.9 Å². The van der Waals surface area contributed by atoms with Gasteiger partial charge in [0.2, 0.25) is 0 Å². The van der Waals surface area contributed by atoms with Gasteiger partial charge in [0.1, 0.15) is 5.52 Å². The SMILES string of the molecule is NC(=S)C1CCCCN1C(=O)c1cccc2nccnc12. The van der Waals surface area contributed by atoms with Crippen molar-refractivity contribution in [1.82, 2.24) is 14.9 Å². The van der Waals surface area contributed by atoms with E-state index >= 15 is 0 Å². The number of fused-ring (bicyclic) bond motifs is 1. The third-order valence-corrected chi connectivity index (χ3v) is 4.09. The largest absolute Gasteiger partial charge is 0.392 e. The quantitative estimate of drug-likeness (QED) is 0.858. The molecular weight excluding hydrogens is 284 g/mol. The van der Waals surface area contributed by atoms with E-state index in [2.05, 4.69) is 9.97 Å². The van der Waals surface area contributed by atoms with Crippen molar-refractivity contribution in [2.75, 3.05) is 6.54 Å². The monoisotopic (exact) mass is 300 g/mol. The second-order valence-corrected chi connectivity index (χ2v) is 5.61. The van der Waals surface area contributed by atoms with E-state index in [1.165, 1.54) is 0 Å². The van der Waals surface area contributed by atoms with Gasteiger partial charge in [0.25, 0.3) is 5.91 Å². The Morgan fingerprint density at radius 2 is 2.10 bits per heavy atom. The van der Waals surface area contributed by atoms with Gasteiger partial charge in [-0.3, -0.25) is 14.8 Å². The number of carbonyl (C=O) groups excluding carboxylic acids is 1. The molecule has 1 aromatic heterocycles. The molecule has 0 bridgehead atoms. The predicted molar refractivity (Wildman–Crippen MR) is 85.0 cm³/mol. The standard InChI is InChI=1S/C15H16N4OS/c16-14(21)12-6-1-2-9-19(12)15(20)10-4-3-5-11-13(10)18-8-7-17-11/h3-5,7-8,12H,1-2,6,9H2,(H2,16,21). The Morgan fingerprint density at radius 3 is 2.90 bits per heavy atom. The van der Waals surface area contributed by atoms with Crippen molar-refractivity contribution in [3.63, 3.8) is 0 Å². The highest BCUT2D eigenvalue weighted by Gasteiger charge is 2.30. The molecule has 1 saturated heterocycles. The zero-order valence-corrected chi connectivity index (χ0v) is 12.3. The van der Waals surface area contributed by atoms with E-state index in [4.69, 9.17) is 18.0 Å². The lowest BCUT2D eigenvalue weighted by atomic mass is 10.0. The van der Waals surface area contributed by atoms with E-state index in [1.54, 1.807) is 23.4 Å². The molecule has 108 valence electrons. The van der Waals surface area contributed by atoms with Crippen LogP contribution in [0.4, 0.5) is 0 Å². The first-order valence-electron chi connectivity index (χ1n) is 6.98. The molecular formula is C15H16N4OS. The van der Waals surface area contributed by atoms with Crippen LogP contribution in [0.1, 0.15) is 29.6 Å². The number of nitrogens with two attached hydrogens (primary N) is 1. The lowest BCUT2D eigenvalue weighted by Crippen LogP contribution is -2.49. The average Bonchev–Trinajstić information content (AvgIpc) is 2.53. The van der Waals surface area contributed by atoms with Crippen molar-refractivity contribution < 1.29 is 4.79 Å². The summed E-state index contributed by atoms with van der Waals surface area (Å²) in [4.78, 5) is 23.6. The first-order chi connectivity index (χ1) is 10.2. The summed E-state index contributed by atoms with van der Waals surface area (Å²) in [6, 6.07) is 5.29. The van der Waals surface area contributed by atoms with Crippen molar-refractivity contribution in [2.24, 2.45) is 5.73 Å². The summed E-state index contributed by atoms with van der Waals surface area (Å²) in [6.45, 7) is 0.678. The van der Waals surface area contributed by atoms with Gasteiger partial charge in [-0.15, -0.1) is 0 Å². The fraction of sp³-hybridized carbons (Fsp3) is 0.333. The summed E-state index contributed by atoms with van der Waals surface area (Å²) < 4.78 is 0. The van der Waals surface area contributed by atoms with Crippen LogP contribution in [0.2, 0.25) is 0 Å². The normalized spacial score (nSPS) is 18.7. The molecule has 0 aliphatic carbocycles. The van der Waals surface area contributed by atoms with Gasteiger partial charge in [0.05, 0.1) is 22.1 Å². The second kappa shape index (κ2) is 5.73. The molecule has 2 heterocycles. The molecule has 6 heteroatoms. The van der Waals surface area contributed by atoms with Crippen molar-refractivity contribution in [3.05, 3.63) is 36.2 Å². The summed E-state index contributed by atoms with van der Waals surface area (Å²) >= 11 is 5.11. The summed E-state index contributed by atoms with van der Waals surface area (Å²) in [7, 11) is 0. The number of likely N-dealkylation sites (tertiary alicyclic amines) is 1. The van der Waals surface area contributed by atoms with E-state index in [0.29, 0.717) is 28.1 Å². The molecule has 1 aromatic carbocycles. The van der Waals surface area contributed by atoms with Crippen LogP contribution in [0.25, 0.3) is 11.0 Å². The fourth-order valence-corrected chi connectivity index (χ4v) is 3.04. The highest BCUT2D eigenvalue weighted by atomic mass is 32.1. The zero-order valence-electron chi connectivity index (χ0n) is 11.5. The maximum absolute atomic E-state index is 12.9. The summed E-state index contributed by atoms with van der Waals surface area (Å²) in [5, 5.41) is 0. The maximum atomic E-state index is 12.9. The van der Waals surface area contributed by atoms with Gasteiger partial charge < -0.3 is 10.6 Å². The number of carbonyl (C=O) groups is 1. The highest BCUT2D eigenvalue weighted by Crippen LogP contribution is 2.22. The molecule has 0 spiro atoms. The smallest absolute Gasteiger partial charge is 0.256 e. The minimum Gasteiger partial charge on any atom is -0.392 e. The van der Waals surface area contributed by atoms with Gasteiger partial charge in [-0.25, -0.2) is 0 Å². The second-order valence-electron chi connectivity index (χ2n) is 5.14. The molecule has 0 saturated carbocycles. The van der Waals surface area contributed by atoms with Gasteiger partial charge in [-0.05, 0) is 31.4 Å². The van der Waals surface area contributed by atoms with Crippen LogP contribution in [0.5, 0.6) is 0 Å². The number of rotatable bonds is 2. The Morgan fingerprint density at radius 1 is 1.29 bits per heavy atom. The topological polar surface area (TPSA) is 72.1 Å². The number of hydrogen-bond acceptors (Lipinski definition) is 4. The first kappa shape index (κ1) is 13.9. The number of piperidine rings is 1. The average molecular weight is 300 g/mol. The summed E-state index contributed by atoms with van der Waals surface area (Å²) in [6.07, 6.45) is 6.07. The van der Waals surface area contributed by atoms with Crippen molar-refractivity contribution in [2.45, 2.75) is 25.3 Å². The van der Waals surface area contributed by atoms with Crippen LogP contribution in [0.15, 0.2) is 30.6 Å². The molecule has 21 heavy (non-hydrogen) atoms. The molecule has 2 N–H and O–H groups in total. The first-order valence-corrected chi connectivity index (χ1v) is 7.39. The van der Waals surface area contributed by atoms with Gasteiger partial charge in [0.15, 0.2) is 0 Å². The van der Waals surface area contributed by atoms with E-state index in [9.17, 15) is 4.79 Å². The number of para-hydroxylation sites is 1. The van der Waals surface area contributed by atoms with Gasteiger partial charge in [-0.1, -0.05) is 18.3 Å². The minimum absolute atomic E-state index is 0.0707. The third kappa shape index (κ3) is 2.58. The van der Waals surface area contributed by atoms with E-state index in [-0.39, 0.29) is 11.9 Å². The highest BCUT2D eigenvalue weighted by molar-refractivity contribution is 7.80. The minimum atomic E-state index is -0.159. The Balaban J connectivity index is 2.01. The van der Waals surface area contributed by atoms with Crippen molar-refractivity contribution in [3.8, 4) is 0 Å². The number of amides is 1. The van der Waals surface area contributed by atoms with E-state index in [1.807, 2.05) is 12.1 Å². The van der Waals surface area contributed by atoms with Crippen LogP contribution >= 0.6 is 12.2 Å². The van der Waals surface area contributed by atoms with Crippen LogP contribution in [-0.2, 0) is 0 Å². The van der Waals surface area contributed by atoms with Crippen molar-refractivity contribution >= 4 is 34.1 Å². The van der Waals surface area contributed by atoms with Crippen LogP contribution in [-0.4, -0.2) is 38.4 Å². The van der Waals surface area contributed by atoms with Gasteiger partial charge in [-0.2, -0.15) is 0 Å². The number of nitrogens with zero attached hydrogens (tertiary/aromatic N) is 3. The summed E-state index contributed by atoms with van der Waals surface area (Å²) in [5.74, 6) is -0.0707. The molecule has 1 unspecified atom stereocenters. The van der Waals surface area contributed by atoms with Crippen LogP contribution in [0.3, 0.4) is 0 Å². The number of thiocarbonyl (C=S) groups is 1. The predicted octanol–water partition coefficient (Wildman–Crippen LogP) is 1.91. The number of aromatic nitrogens is 2. The molecule has 5 nitrogen and oxygen atoms in total. The molecule has 3 rings (SSSR count). The van der Waals surface area contributed by atoms with E-state index in [0.717, 1.165) is 19.3 Å². The summed E-state index contributed by atoms with van der Waals surface area (Å²) in [5.41, 5.74) is 7.69. The molecule has 1 aliphatic heterocycles. The zero-order chi connectivity index (χ0) is 14.8. The number of hydrogen-bond donors (Lipinski definition) is 1.